The van der Waals surface area contributed by atoms with Gasteiger partial charge in [-0.3, -0.25) is 19.4 Å². The molecule has 2 aromatic carbocycles. The number of likely N-dealkylation sites (tertiary alicyclic amines) is 2. The molecule has 3 heterocycles. The van der Waals surface area contributed by atoms with Crippen molar-refractivity contribution in [3.05, 3.63) is 42.5 Å². The zero-order valence-electron chi connectivity index (χ0n) is 20.2. The van der Waals surface area contributed by atoms with Crippen LogP contribution in [0.2, 0.25) is 0 Å². The van der Waals surface area contributed by atoms with Gasteiger partial charge < -0.3 is 10.6 Å². The fourth-order valence-electron chi connectivity index (χ4n) is 4.99. The van der Waals surface area contributed by atoms with Crippen molar-refractivity contribution in [2.24, 2.45) is 0 Å². The van der Waals surface area contributed by atoms with Crippen LogP contribution in [0.25, 0.3) is 21.8 Å². The van der Waals surface area contributed by atoms with Gasteiger partial charge in [-0.1, -0.05) is 12.1 Å². The van der Waals surface area contributed by atoms with Gasteiger partial charge in [-0.05, 0) is 56.0 Å². The number of halogens is 2. The van der Waals surface area contributed by atoms with Crippen LogP contribution in [-0.2, 0) is 9.59 Å². The number of carbonyl (C=O) groups is 2. The summed E-state index contributed by atoms with van der Waals surface area (Å²) in [6.45, 7) is 2.20. The molecule has 7 nitrogen and oxygen atoms in total. The average molecular weight is 496 g/mol. The van der Waals surface area contributed by atoms with Gasteiger partial charge in [0.25, 0.3) is 0 Å². The van der Waals surface area contributed by atoms with Gasteiger partial charge in [0.1, 0.15) is 0 Å². The quantitative estimate of drug-likeness (QED) is 0.346. The molecule has 190 valence electrons. The molecule has 3 aromatic rings. The van der Waals surface area contributed by atoms with E-state index in [2.05, 4.69) is 10.6 Å². The Labute approximate surface area is 208 Å². The third-order valence-corrected chi connectivity index (χ3v) is 7.00. The molecule has 2 aliphatic heterocycles. The monoisotopic (exact) mass is 495 g/mol. The standard InChI is InChI=1S/C27H31F2N5O2/c28-24-3-1-11-33(24)13-9-26(35)30-20-7-5-18-15-19-6-8-21(17-23(19)32-22(18)16-20)31-27(36)10-14-34-12-2-4-25(34)29/h5-8,15-17,24-25H,1-4,9-14H2,(H,30,35)(H,31,36)/t24-,25-/m0/s1. The van der Waals surface area contributed by atoms with Gasteiger partial charge in [0.15, 0.2) is 12.6 Å². The SMILES string of the molecule is O=C(CCN1CCC[C@H]1F)Nc1ccc2cc3ccc(NC(=O)CCN4CCC[C@H]4F)cc3nc2c1. The van der Waals surface area contributed by atoms with Crippen molar-refractivity contribution in [3.8, 4) is 0 Å². The molecular formula is C27H31F2N5O2. The van der Waals surface area contributed by atoms with Crippen LogP contribution < -0.4 is 10.6 Å². The molecular weight excluding hydrogens is 464 g/mol. The van der Waals surface area contributed by atoms with Gasteiger partial charge >= 0.3 is 0 Å². The van der Waals surface area contributed by atoms with Crippen LogP contribution in [0.4, 0.5) is 20.2 Å². The van der Waals surface area contributed by atoms with Crippen molar-refractivity contribution < 1.29 is 18.4 Å². The number of rotatable bonds is 8. The Kier molecular flexibility index (Phi) is 7.38. The molecule has 0 aliphatic carbocycles. The van der Waals surface area contributed by atoms with Gasteiger partial charge in [0.2, 0.25) is 11.8 Å². The summed E-state index contributed by atoms with van der Waals surface area (Å²) in [5.41, 5.74) is 2.70. The second kappa shape index (κ2) is 10.8. The van der Waals surface area contributed by atoms with E-state index in [9.17, 15) is 18.4 Å². The highest BCUT2D eigenvalue weighted by Crippen LogP contribution is 2.25. The maximum absolute atomic E-state index is 13.7. The van der Waals surface area contributed by atoms with Gasteiger partial charge in [-0.15, -0.1) is 0 Å². The molecule has 5 rings (SSSR count). The molecule has 2 aliphatic rings. The summed E-state index contributed by atoms with van der Waals surface area (Å²) in [5.74, 6) is -0.320. The predicted octanol–water partition coefficient (Wildman–Crippen LogP) is 4.83. The first-order valence-electron chi connectivity index (χ1n) is 12.7. The number of hydrogen-bond donors (Lipinski definition) is 2. The maximum atomic E-state index is 13.7. The van der Waals surface area contributed by atoms with E-state index in [4.69, 9.17) is 4.98 Å². The largest absolute Gasteiger partial charge is 0.326 e. The van der Waals surface area contributed by atoms with E-state index in [1.54, 1.807) is 9.80 Å². The summed E-state index contributed by atoms with van der Waals surface area (Å²) in [7, 11) is 0. The van der Waals surface area contributed by atoms with Crippen molar-refractivity contribution >= 4 is 45.0 Å². The van der Waals surface area contributed by atoms with Crippen LogP contribution in [0, 0.1) is 0 Å². The molecule has 0 unspecified atom stereocenters. The summed E-state index contributed by atoms with van der Waals surface area (Å²) in [5, 5.41) is 7.63. The molecule has 0 bridgehead atoms. The smallest absolute Gasteiger partial charge is 0.225 e. The second-order valence-electron chi connectivity index (χ2n) is 9.63. The van der Waals surface area contributed by atoms with E-state index < -0.39 is 12.6 Å². The molecule has 1 aromatic heterocycles. The second-order valence-corrected chi connectivity index (χ2v) is 9.63. The van der Waals surface area contributed by atoms with Crippen LogP contribution in [0.1, 0.15) is 38.5 Å². The average Bonchev–Trinajstić information content (AvgIpc) is 3.47. The van der Waals surface area contributed by atoms with Gasteiger partial charge in [-0.2, -0.15) is 0 Å². The predicted molar refractivity (Wildman–Crippen MR) is 137 cm³/mol. The number of hydrogen-bond acceptors (Lipinski definition) is 5. The zero-order valence-corrected chi connectivity index (χ0v) is 20.2. The molecule has 2 amide bonds. The summed E-state index contributed by atoms with van der Waals surface area (Å²) >= 11 is 0. The van der Waals surface area contributed by atoms with Crippen LogP contribution in [-0.4, -0.2) is 65.4 Å². The van der Waals surface area contributed by atoms with Crippen molar-refractivity contribution in [3.63, 3.8) is 0 Å². The number of benzene rings is 2. The first-order valence-corrected chi connectivity index (χ1v) is 12.7. The fourth-order valence-corrected chi connectivity index (χ4v) is 4.99. The minimum absolute atomic E-state index is 0.160. The number of aromatic nitrogens is 1. The van der Waals surface area contributed by atoms with Crippen molar-refractivity contribution in [2.45, 2.75) is 51.1 Å². The Morgan fingerprint density at radius 2 is 1.25 bits per heavy atom. The van der Waals surface area contributed by atoms with Gasteiger partial charge in [-0.25, -0.2) is 13.8 Å². The molecule has 2 fully saturated rings. The number of nitrogens with one attached hydrogen (secondary N) is 2. The Morgan fingerprint density at radius 3 is 1.67 bits per heavy atom. The van der Waals surface area contributed by atoms with Crippen molar-refractivity contribution in [2.75, 3.05) is 36.8 Å². The lowest BCUT2D eigenvalue weighted by Gasteiger charge is -2.17. The molecule has 2 saturated heterocycles. The fraction of sp³-hybridized carbons (Fsp3) is 0.444. The highest BCUT2D eigenvalue weighted by molar-refractivity contribution is 5.99. The first-order chi connectivity index (χ1) is 17.4. The minimum atomic E-state index is -0.946. The Hall–Kier alpha value is -3.17. The minimum Gasteiger partial charge on any atom is -0.326 e. The lowest BCUT2D eigenvalue weighted by Crippen LogP contribution is -2.29. The number of alkyl halides is 2. The Balaban J connectivity index is 1.23. The molecule has 36 heavy (non-hydrogen) atoms. The number of amides is 2. The summed E-state index contributed by atoms with van der Waals surface area (Å²) < 4.78 is 27.5. The Morgan fingerprint density at radius 1 is 0.778 bits per heavy atom. The Bertz CT molecular complexity index is 1180. The summed E-state index contributed by atoms with van der Waals surface area (Å²) in [4.78, 5) is 32.9. The third-order valence-electron chi connectivity index (χ3n) is 7.00. The number of pyridine rings is 1. The van der Waals surface area contributed by atoms with Crippen LogP contribution in [0.15, 0.2) is 42.5 Å². The number of nitrogens with zero attached hydrogens (tertiary/aromatic N) is 3. The van der Waals surface area contributed by atoms with E-state index in [0.29, 0.717) is 50.4 Å². The number of anilines is 2. The topological polar surface area (TPSA) is 77.6 Å². The lowest BCUT2D eigenvalue weighted by atomic mass is 10.1. The number of carbonyl (C=O) groups excluding carboxylic acids is 2. The van der Waals surface area contributed by atoms with Gasteiger partial charge in [0, 0.05) is 61.2 Å². The summed E-state index contributed by atoms with van der Waals surface area (Å²) in [6, 6.07) is 13.1. The normalized spacial score (nSPS) is 20.8. The van der Waals surface area contributed by atoms with Crippen molar-refractivity contribution in [1.82, 2.24) is 14.8 Å². The molecule has 0 radical (unpaired) electrons. The van der Waals surface area contributed by atoms with Crippen LogP contribution in [0.5, 0.6) is 0 Å². The lowest BCUT2D eigenvalue weighted by molar-refractivity contribution is -0.117. The van der Waals surface area contributed by atoms with E-state index in [1.807, 2.05) is 42.5 Å². The van der Waals surface area contributed by atoms with E-state index >= 15 is 0 Å². The third kappa shape index (κ3) is 5.79. The van der Waals surface area contributed by atoms with E-state index in [1.165, 1.54) is 0 Å². The van der Waals surface area contributed by atoms with Crippen molar-refractivity contribution in [1.29, 1.82) is 0 Å². The first kappa shape index (κ1) is 24.5. The van der Waals surface area contributed by atoms with E-state index in [0.717, 1.165) is 34.6 Å². The summed E-state index contributed by atoms with van der Waals surface area (Å²) in [6.07, 6.45) is 1.31. The highest BCUT2D eigenvalue weighted by atomic mass is 19.1. The van der Waals surface area contributed by atoms with Crippen LogP contribution in [0.3, 0.4) is 0 Å². The van der Waals surface area contributed by atoms with E-state index in [-0.39, 0.29) is 24.7 Å². The molecule has 2 N–H and O–H groups in total. The molecule has 0 saturated carbocycles. The van der Waals surface area contributed by atoms with Crippen LogP contribution >= 0.6 is 0 Å². The van der Waals surface area contributed by atoms with Gasteiger partial charge in [0.05, 0.1) is 11.0 Å². The molecule has 2 atom stereocenters. The maximum Gasteiger partial charge on any atom is 0.225 e. The number of fused-ring (bicyclic) bond motifs is 2. The molecule has 9 heteroatoms. The molecule has 0 spiro atoms. The highest BCUT2D eigenvalue weighted by Gasteiger charge is 2.24. The zero-order chi connectivity index (χ0) is 25.1.